The van der Waals surface area contributed by atoms with Crippen molar-refractivity contribution in [3.8, 4) is 0 Å². The number of aromatic nitrogens is 2. The van der Waals surface area contributed by atoms with Crippen molar-refractivity contribution in [2.45, 2.75) is 6.04 Å². The number of hydrogen-bond acceptors (Lipinski definition) is 5. The summed E-state index contributed by atoms with van der Waals surface area (Å²) in [5, 5.41) is 4.59. The summed E-state index contributed by atoms with van der Waals surface area (Å²) in [6.45, 7) is 1.17. The molecule has 1 aromatic heterocycles. The predicted octanol–water partition coefficient (Wildman–Crippen LogP) is 2.59. The van der Waals surface area contributed by atoms with Crippen LogP contribution in [0.3, 0.4) is 0 Å². The minimum absolute atomic E-state index is 0.236. The first-order chi connectivity index (χ1) is 10.2. The van der Waals surface area contributed by atoms with E-state index in [4.69, 9.17) is 32.5 Å². The van der Waals surface area contributed by atoms with Gasteiger partial charge in [-0.25, -0.2) is 0 Å². The molecule has 2 aromatic rings. The molecule has 1 fully saturated rings. The van der Waals surface area contributed by atoms with Crippen molar-refractivity contribution in [1.82, 2.24) is 15.0 Å². The SMILES string of the molecule is O=C(c1cc(Cl)ccc1Cl)N1CCOC[C@H]1c1ncon1. The van der Waals surface area contributed by atoms with E-state index < -0.39 is 6.04 Å². The Morgan fingerprint density at radius 2 is 2.24 bits per heavy atom. The molecule has 0 aliphatic carbocycles. The lowest BCUT2D eigenvalue weighted by atomic mass is 10.1. The van der Waals surface area contributed by atoms with E-state index in [0.29, 0.717) is 41.2 Å². The van der Waals surface area contributed by atoms with Crippen molar-refractivity contribution in [1.29, 1.82) is 0 Å². The molecule has 0 unspecified atom stereocenters. The van der Waals surface area contributed by atoms with E-state index >= 15 is 0 Å². The maximum Gasteiger partial charge on any atom is 0.256 e. The molecule has 1 saturated heterocycles. The number of rotatable bonds is 2. The van der Waals surface area contributed by atoms with E-state index in [1.165, 1.54) is 6.39 Å². The third-order valence-corrected chi connectivity index (χ3v) is 3.79. The van der Waals surface area contributed by atoms with Gasteiger partial charge in [-0.3, -0.25) is 4.79 Å². The summed E-state index contributed by atoms with van der Waals surface area (Å²) in [7, 11) is 0. The van der Waals surface area contributed by atoms with Crippen LogP contribution in [0.25, 0.3) is 0 Å². The largest absolute Gasteiger partial charge is 0.377 e. The third-order valence-electron chi connectivity index (χ3n) is 3.22. The summed E-state index contributed by atoms with van der Waals surface area (Å²) in [6.07, 6.45) is 1.22. The van der Waals surface area contributed by atoms with Crippen LogP contribution in [-0.2, 0) is 4.74 Å². The summed E-state index contributed by atoms with van der Waals surface area (Å²) < 4.78 is 10.1. The van der Waals surface area contributed by atoms with Gasteiger partial charge in [-0.1, -0.05) is 28.4 Å². The second kappa shape index (κ2) is 6.01. The number of morpholine rings is 1. The van der Waals surface area contributed by atoms with Crippen LogP contribution in [0.2, 0.25) is 10.0 Å². The van der Waals surface area contributed by atoms with Gasteiger partial charge in [0.2, 0.25) is 6.39 Å². The van der Waals surface area contributed by atoms with E-state index in [2.05, 4.69) is 10.1 Å². The van der Waals surface area contributed by atoms with Crippen LogP contribution >= 0.6 is 23.2 Å². The normalized spacial score (nSPS) is 18.8. The van der Waals surface area contributed by atoms with Gasteiger partial charge in [-0.05, 0) is 18.2 Å². The van der Waals surface area contributed by atoms with Crippen LogP contribution in [0.15, 0.2) is 29.1 Å². The number of nitrogens with zero attached hydrogens (tertiary/aromatic N) is 3. The highest BCUT2D eigenvalue weighted by Gasteiger charge is 2.33. The van der Waals surface area contributed by atoms with Gasteiger partial charge in [0.15, 0.2) is 5.82 Å². The highest BCUT2D eigenvalue weighted by atomic mass is 35.5. The number of benzene rings is 1. The Balaban J connectivity index is 1.93. The molecule has 1 aliphatic heterocycles. The standard InChI is InChI=1S/C13H11Cl2N3O3/c14-8-1-2-10(15)9(5-8)13(19)18-3-4-20-6-11(18)12-16-7-21-17-12/h1-2,5,7,11H,3-4,6H2/t11-/m0/s1. The molecular weight excluding hydrogens is 317 g/mol. The van der Waals surface area contributed by atoms with Gasteiger partial charge < -0.3 is 14.2 Å². The van der Waals surface area contributed by atoms with Gasteiger partial charge in [0.05, 0.1) is 23.8 Å². The smallest absolute Gasteiger partial charge is 0.256 e. The topological polar surface area (TPSA) is 68.5 Å². The molecule has 1 atom stereocenters. The average molecular weight is 328 g/mol. The van der Waals surface area contributed by atoms with E-state index in [-0.39, 0.29) is 5.91 Å². The maximum absolute atomic E-state index is 12.7. The number of carbonyl (C=O) groups is 1. The molecule has 0 N–H and O–H groups in total. The molecule has 0 saturated carbocycles. The minimum Gasteiger partial charge on any atom is -0.377 e. The van der Waals surface area contributed by atoms with E-state index in [1.54, 1.807) is 23.1 Å². The molecule has 0 radical (unpaired) electrons. The Labute approximate surface area is 130 Å². The number of carbonyl (C=O) groups excluding carboxylic acids is 1. The van der Waals surface area contributed by atoms with Crippen molar-refractivity contribution < 1.29 is 14.1 Å². The highest BCUT2D eigenvalue weighted by Crippen LogP contribution is 2.27. The van der Waals surface area contributed by atoms with Gasteiger partial charge in [-0.15, -0.1) is 0 Å². The first-order valence-electron chi connectivity index (χ1n) is 6.27. The molecule has 6 nitrogen and oxygen atoms in total. The Hall–Kier alpha value is -1.63. The van der Waals surface area contributed by atoms with Crippen LogP contribution in [0.1, 0.15) is 22.2 Å². The van der Waals surface area contributed by atoms with Crippen molar-refractivity contribution >= 4 is 29.1 Å². The van der Waals surface area contributed by atoms with Crippen LogP contribution in [0.4, 0.5) is 0 Å². The summed E-state index contributed by atoms with van der Waals surface area (Å²) in [5.41, 5.74) is 0.347. The zero-order chi connectivity index (χ0) is 14.8. The van der Waals surface area contributed by atoms with Crippen molar-refractivity contribution in [3.05, 3.63) is 46.0 Å². The Kier molecular flexibility index (Phi) is 4.10. The summed E-state index contributed by atoms with van der Waals surface area (Å²) >= 11 is 12.0. The lowest BCUT2D eigenvalue weighted by molar-refractivity contribution is -0.00576. The Bertz CT molecular complexity index is 648. The van der Waals surface area contributed by atoms with Crippen LogP contribution in [-0.4, -0.2) is 40.7 Å². The first kappa shape index (κ1) is 14.3. The highest BCUT2D eigenvalue weighted by molar-refractivity contribution is 6.35. The molecule has 2 heterocycles. The number of halogens is 2. The van der Waals surface area contributed by atoms with Crippen LogP contribution in [0.5, 0.6) is 0 Å². The monoisotopic (exact) mass is 327 g/mol. The quantitative estimate of drug-likeness (QED) is 0.848. The number of amides is 1. The summed E-state index contributed by atoms with van der Waals surface area (Å²) in [4.78, 5) is 18.3. The van der Waals surface area contributed by atoms with Gasteiger partial charge in [0.25, 0.3) is 5.91 Å². The molecule has 1 amide bonds. The zero-order valence-corrected chi connectivity index (χ0v) is 12.3. The number of ether oxygens (including phenoxy) is 1. The maximum atomic E-state index is 12.7. The average Bonchev–Trinajstić information content (AvgIpc) is 3.03. The van der Waals surface area contributed by atoms with Crippen LogP contribution in [0, 0.1) is 0 Å². The minimum atomic E-state index is -0.403. The molecule has 21 heavy (non-hydrogen) atoms. The second-order valence-electron chi connectivity index (χ2n) is 4.50. The molecular formula is C13H11Cl2N3O3. The Morgan fingerprint density at radius 3 is 3.00 bits per heavy atom. The molecule has 3 rings (SSSR count). The van der Waals surface area contributed by atoms with Crippen molar-refractivity contribution in [2.24, 2.45) is 0 Å². The molecule has 110 valence electrons. The van der Waals surface area contributed by atoms with Crippen molar-refractivity contribution in [3.63, 3.8) is 0 Å². The van der Waals surface area contributed by atoms with E-state index in [0.717, 1.165) is 0 Å². The van der Waals surface area contributed by atoms with Gasteiger partial charge in [0.1, 0.15) is 6.04 Å². The first-order valence-corrected chi connectivity index (χ1v) is 7.02. The summed E-state index contributed by atoms with van der Waals surface area (Å²) in [5.74, 6) is 0.168. The van der Waals surface area contributed by atoms with E-state index in [1.807, 2.05) is 0 Å². The van der Waals surface area contributed by atoms with Crippen LogP contribution < -0.4 is 0 Å². The fourth-order valence-electron chi connectivity index (χ4n) is 2.20. The molecule has 8 heteroatoms. The lowest BCUT2D eigenvalue weighted by Crippen LogP contribution is -2.44. The van der Waals surface area contributed by atoms with Gasteiger partial charge in [-0.2, -0.15) is 4.98 Å². The summed E-state index contributed by atoms with van der Waals surface area (Å²) in [6, 6.07) is 4.38. The Morgan fingerprint density at radius 1 is 1.38 bits per heavy atom. The second-order valence-corrected chi connectivity index (χ2v) is 5.35. The molecule has 1 aliphatic rings. The molecule has 1 aromatic carbocycles. The number of hydrogen-bond donors (Lipinski definition) is 0. The fourth-order valence-corrected chi connectivity index (χ4v) is 2.57. The van der Waals surface area contributed by atoms with E-state index in [9.17, 15) is 4.79 Å². The predicted molar refractivity (Wildman–Crippen MR) is 75.4 cm³/mol. The zero-order valence-electron chi connectivity index (χ0n) is 10.8. The fraction of sp³-hybridized carbons (Fsp3) is 0.308. The molecule has 0 spiro atoms. The van der Waals surface area contributed by atoms with Gasteiger partial charge in [0, 0.05) is 11.6 Å². The van der Waals surface area contributed by atoms with Gasteiger partial charge >= 0.3 is 0 Å². The lowest BCUT2D eigenvalue weighted by Gasteiger charge is -2.33. The molecule has 0 bridgehead atoms. The third kappa shape index (κ3) is 2.88. The van der Waals surface area contributed by atoms with Crippen molar-refractivity contribution in [2.75, 3.05) is 19.8 Å².